The van der Waals surface area contributed by atoms with Gasteiger partial charge in [-0.05, 0) is 44.5 Å². The zero-order chi connectivity index (χ0) is 20.9. The van der Waals surface area contributed by atoms with E-state index in [9.17, 15) is 14.4 Å². The summed E-state index contributed by atoms with van der Waals surface area (Å²) in [5.41, 5.74) is 1.54. The Labute approximate surface area is 168 Å². The van der Waals surface area contributed by atoms with Crippen molar-refractivity contribution in [2.75, 3.05) is 19.8 Å². The second kappa shape index (κ2) is 6.65. The molecule has 0 spiro atoms. The van der Waals surface area contributed by atoms with Crippen molar-refractivity contribution in [3.05, 3.63) is 46.8 Å². The minimum absolute atomic E-state index is 0.277. The second-order valence-corrected chi connectivity index (χ2v) is 7.57. The highest BCUT2D eigenvalue weighted by atomic mass is 16.6. The van der Waals surface area contributed by atoms with Crippen LogP contribution in [-0.2, 0) is 17.4 Å². The minimum atomic E-state index is -1.28. The largest absolute Gasteiger partial charge is 0.486 e. The average Bonchev–Trinajstić information content (AvgIpc) is 3.09. The first-order valence-electron chi connectivity index (χ1n) is 9.42. The van der Waals surface area contributed by atoms with Gasteiger partial charge in [0, 0.05) is 24.0 Å². The first-order chi connectivity index (χ1) is 13.7. The third-order valence-electron chi connectivity index (χ3n) is 5.77. The number of amides is 3. The van der Waals surface area contributed by atoms with Gasteiger partial charge in [0.25, 0.3) is 5.91 Å². The number of ether oxygens (including phenoxy) is 2. The Hall–Kier alpha value is -3.29. The molecule has 2 aliphatic rings. The number of fused-ring (bicyclic) bond motifs is 1. The van der Waals surface area contributed by atoms with Crippen molar-refractivity contribution in [2.45, 2.75) is 26.3 Å². The van der Waals surface area contributed by atoms with Gasteiger partial charge < -0.3 is 19.4 Å². The number of ketones is 1. The monoisotopic (exact) mass is 397 g/mol. The molecule has 1 aromatic carbocycles. The van der Waals surface area contributed by atoms with Crippen molar-refractivity contribution in [2.24, 2.45) is 7.05 Å². The molecule has 1 aromatic heterocycles. The van der Waals surface area contributed by atoms with Gasteiger partial charge in [-0.2, -0.15) is 0 Å². The van der Waals surface area contributed by atoms with Crippen molar-refractivity contribution < 1.29 is 23.9 Å². The number of benzene rings is 1. The van der Waals surface area contributed by atoms with Crippen molar-refractivity contribution in [3.8, 4) is 11.5 Å². The highest BCUT2D eigenvalue weighted by Crippen LogP contribution is 2.36. The van der Waals surface area contributed by atoms with Crippen molar-refractivity contribution in [1.29, 1.82) is 0 Å². The van der Waals surface area contributed by atoms with Gasteiger partial charge in [0.2, 0.25) is 0 Å². The van der Waals surface area contributed by atoms with Gasteiger partial charge >= 0.3 is 6.03 Å². The van der Waals surface area contributed by atoms with Crippen LogP contribution in [0.25, 0.3) is 0 Å². The molecule has 0 aliphatic carbocycles. The molecule has 1 saturated heterocycles. The van der Waals surface area contributed by atoms with Crippen LogP contribution in [0.4, 0.5) is 4.79 Å². The molecular formula is C21H23N3O5. The van der Waals surface area contributed by atoms with Gasteiger partial charge in [0.15, 0.2) is 17.3 Å². The van der Waals surface area contributed by atoms with E-state index in [1.165, 1.54) is 0 Å². The minimum Gasteiger partial charge on any atom is -0.486 e. The second-order valence-electron chi connectivity index (χ2n) is 7.57. The summed E-state index contributed by atoms with van der Waals surface area (Å²) in [5, 5.41) is 2.72. The number of hydrogen-bond donors (Lipinski definition) is 1. The zero-order valence-electron chi connectivity index (χ0n) is 16.9. The quantitative estimate of drug-likeness (QED) is 0.630. The number of imide groups is 1. The molecule has 29 heavy (non-hydrogen) atoms. The predicted molar refractivity (Wildman–Crippen MR) is 104 cm³/mol. The summed E-state index contributed by atoms with van der Waals surface area (Å²) in [4.78, 5) is 39.5. The highest BCUT2D eigenvalue weighted by molar-refractivity contribution is 6.11. The number of nitrogens with one attached hydrogen (secondary N) is 1. The van der Waals surface area contributed by atoms with Crippen LogP contribution in [0.15, 0.2) is 24.3 Å². The first-order valence-corrected chi connectivity index (χ1v) is 9.42. The Bertz CT molecular complexity index is 1040. The summed E-state index contributed by atoms with van der Waals surface area (Å²) in [6, 6.07) is 6.32. The summed E-state index contributed by atoms with van der Waals surface area (Å²) in [5.74, 6) is 0.378. The molecule has 152 valence electrons. The molecule has 2 aromatic rings. The van der Waals surface area contributed by atoms with Crippen LogP contribution >= 0.6 is 0 Å². The van der Waals surface area contributed by atoms with Gasteiger partial charge in [-0.1, -0.05) is 6.07 Å². The SMILES string of the molecule is Cc1cc(C(=O)CN2C(=O)NC(C)(c3ccc4c(c3)OCCO4)C2=O)c(C)n1C. The number of nitrogens with zero attached hydrogens (tertiary/aromatic N) is 2. The Morgan fingerprint density at radius 2 is 1.83 bits per heavy atom. The van der Waals surface area contributed by atoms with Crippen LogP contribution in [0.2, 0.25) is 0 Å². The number of carbonyl (C=O) groups excluding carboxylic acids is 3. The van der Waals surface area contributed by atoms with Crippen LogP contribution in [-0.4, -0.2) is 46.9 Å². The smallest absolute Gasteiger partial charge is 0.325 e. The molecule has 2 aliphatic heterocycles. The van der Waals surface area contributed by atoms with E-state index < -0.39 is 17.5 Å². The molecule has 1 atom stereocenters. The summed E-state index contributed by atoms with van der Waals surface area (Å²) >= 11 is 0. The molecule has 4 rings (SSSR count). The predicted octanol–water partition coefficient (Wildman–Crippen LogP) is 2.06. The van der Waals surface area contributed by atoms with Crippen LogP contribution in [0.3, 0.4) is 0 Å². The molecule has 1 unspecified atom stereocenters. The van der Waals surface area contributed by atoms with Gasteiger partial charge in [-0.15, -0.1) is 0 Å². The lowest BCUT2D eigenvalue weighted by atomic mass is 9.91. The van der Waals surface area contributed by atoms with Crippen molar-refractivity contribution >= 4 is 17.7 Å². The maximum Gasteiger partial charge on any atom is 0.325 e. The molecule has 8 heteroatoms. The summed E-state index contributed by atoms with van der Waals surface area (Å²) in [6.07, 6.45) is 0. The normalized spacial score (nSPS) is 20.8. The summed E-state index contributed by atoms with van der Waals surface area (Å²) in [6.45, 7) is 5.94. The Morgan fingerprint density at radius 1 is 1.14 bits per heavy atom. The maximum atomic E-state index is 13.1. The maximum absolute atomic E-state index is 13.1. The number of aryl methyl sites for hydroxylation is 1. The lowest BCUT2D eigenvalue weighted by Crippen LogP contribution is -2.41. The van der Waals surface area contributed by atoms with E-state index in [1.54, 1.807) is 31.2 Å². The van der Waals surface area contributed by atoms with Crippen LogP contribution in [0.5, 0.6) is 11.5 Å². The van der Waals surface area contributed by atoms with E-state index in [0.29, 0.717) is 35.8 Å². The number of Topliss-reactive ketones (excluding diaryl/α,β-unsaturated/α-hetero) is 1. The molecule has 0 saturated carbocycles. The van der Waals surface area contributed by atoms with Crippen LogP contribution in [0.1, 0.15) is 34.2 Å². The number of rotatable bonds is 4. The standard InChI is InChI=1S/C21H23N3O5/c1-12-9-15(13(2)23(12)4)16(25)11-24-19(26)21(3,22-20(24)27)14-5-6-17-18(10-14)29-8-7-28-17/h5-6,9-10H,7-8,11H2,1-4H3,(H,22,27). The van der Waals surface area contributed by atoms with Crippen molar-refractivity contribution in [3.63, 3.8) is 0 Å². The number of urea groups is 1. The molecule has 3 heterocycles. The Kier molecular flexibility index (Phi) is 4.37. The topological polar surface area (TPSA) is 89.9 Å². The lowest BCUT2D eigenvalue weighted by molar-refractivity contribution is -0.130. The molecule has 0 bridgehead atoms. The third kappa shape index (κ3) is 2.95. The fourth-order valence-electron chi connectivity index (χ4n) is 3.76. The summed E-state index contributed by atoms with van der Waals surface area (Å²) < 4.78 is 13.0. The molecule has 3 amide bonds. The van der Waals surface area contributed by atoms with E-state index in [4.69, 9.17) is 9.47 Å². The van der Waals surface area contributed by atoms with E-state index in [2.05, 4.69) is 5.32 Å². The first kappa shape index (κ1) is 19.0. The lowest BCUT2D eigenvalue weighted by Gasteiger charge is -2.25. The Balaban J connectivity index is 1.60. The van der Waals surface area contributed by atoms with E-state index >= 15 is 0 Å². The number of hydrogen-bond acceptors (Lipinski definition) is 5. The molecule has 1 fully saturated rings. The van der Waals surface area contributed by atoms with Crippen molar-refractivity contribution in [1.82, 2.24) is 14.8 Å². The number of carbonyl (C=O) groups is 3. The van der Waals surface area contributed by atoms with Gasteiger partial charge in [-0.3, -0.25) is 14.5 Å². The average molecular weight is 397 g/mol. The van der Waals surface area contributed by atoms with E-state index in [-0.39, 0.29) is 12.3 Å². The zero-order valence-corrected chi connectivity index (χ0v) is 16.9. The third-order valence-corrected chi connectivity index (χ3v) is 5.77. The Morgan fingerprint density at radius 3 is 2.48 bits per heavy atom. The molecule has 0 radical (unpaired) electrons. The summed E-state index contributed by atoms with van der Waals surface area (Å²) in [7, 11) is 1.87. The van der Waals surface area contributed by atoms with Gasteiger partial charge in [0.1, 0.15) is 18.8 Å². The number of aromatic nitrogens is 1. The van der Waals surface area contributed by atoms with Gasteiger partial charge in [0.05, 0.1) is 6.54 Å². The van der Waals surface area contributed by atoms with Gasteiger partial charge in [-0.25, -0.2) is 4.79 Å². The van der Waals surface area contributed by atoms with E-state index in [0.717, 1.165) is 16.3 Å². The highest BCUT2D eigenvalue weighted by Gasteiger charge is 2.50. The van der Waals surface area contributed by atoms with Crippen LogP contribution in [0, 0.1) is 13.8 Å². The fraction of sp³-hybridized carbons (Fsp3) is 0.381. The van der Waals surface area contributed by atoms with E-state index in [1.807, 2.05) is 25.5 Å². The van der Waals surface area contributed by atoms with Crippen LogP contribution < -0.4 is 14.8 Å². The fourth-order valence-corrected chi connectivity index (χ4v) is 3.76. The molecule has 1 N–H and O–H groups in total. The molecule has 8 nitrogen and oxygen atoms in total. The molecular weight excluding hydrogens is 374 g/mol.